The monoisotopic (exact) mass is 446 g/mol. The van der Waals surface area contributed by atoms with E-state index in [1.807, 2.05) is 32.0 Å². The fourth-order valence-electron chi connectivity index (χ4n) is 3.78. The van der Waals surface area contributed by atoms with Crippen molar-refractivity contribution in [3.05, 3.63) is 88.1 Å². The van der Waals surface area contributed by atoms with Gasteiger partial charge in [0.15, 0.2) is 11.5 Å². The molecule has 0 aliphatic carbocycles. The Bertz CT molecular complexity index is 1320. The van der Waals surface area contributed by atoms with E-state index in [1.54, 1.807) is 42.5 Å². The molecule has 0 spiro atoms. The summed E-state index contributed by atoms with van der Waals surface area (Å²) in [6.45, 7) is 4.12. The van der Waals surface area contributed by atoms with Crippen LogP contribution in [0.1, 0.15) is 16.7 Å². The Morgan fingerprint density at radius 3 is 2.47 bits per heavy atom. The molecule has 0 bridgehead atoms. The van der Waals surface area contributed by atoms with Crippen molar-refractivity contribution in [2.45, 2.75) is 13.8 Å². The van der Waals surface area contributed by atoms with Gasteiger partial charge >= 0.3 is 0 Å². The highest BCUT2D eigenvalue weighted by Gasteiger charge is 2.40. The number of carbonyl (C=O) groups excluding carboxylic acids is 2. The lowest BCUT2D eigenvalue weighted by Gasteiger charge is -2.15. The van der Waals surface area contributed by atoms with Crippen molar-refractivity contribution in [2.24, 2.45) is 0 Å². The van der Waals surface area contributed by atoms with Crippen LogP contribution >= 0.6 is 11.6 Å². The average Bonchev–Trinajstić information content (AvgIpc) is 3.32. The van der Waals surface area contributed by atoms with Gasteiger partial charge in [-0.1, -0.05) is 35.9 Å². The first-order chi connectivity index (χ1) is 15.4. The summed E-state index contributed by atoms with van der Waals surface area (Å²) in [5.41, 5.74) is 4.31. The van der Waals surface area contributed by atoms with Crippen LogP contribution in [0.5, 0.6) is 11.5 Å². The van der Waals surface area contributed by atoms with Gasteiger partial charge in [0.25, 0.3) is 11.8 Å². The highest BCUT2D eigenvalue weighted by Crippen LogP contribution is 2.38. The smallest absolute Gasteiger partial charge is 0.282 e. The Hall–Kier alpha value is -3.77. The summed E-state index contributed by atoms with van der Waals surface area (Å²) in [5.74, 6) is 0.340. The molecule has 0 radical (unpaired) electrons. The average molecular weight is 447 g/mol. The molecule has 0 atom stereocenters. The van der Waals surface area contributed by atoms with Gasteiger partial charge in [0.2, 0.25) is 6.79 Å². The molecular formula is C25H19ClN2O4. The maximum absolute atomic E-state index is 13.5. The number of anilines is 2. The van der Waals surface area contributed by atoms with Crippen LogP contribution in [0.15, 0.2) is 66.4 Å². The van der Waals surface area contributed by atoms with Crippen molar-refractivity contribution in [3.63, 3.8) is 0 Å². The van der Waals surface area contributed by atoms with Crippen LogP contribution in [0.4, 0.5) is 11.4 Å². The molecular weight excluding hydrogens is 428 g/mol. The second-order valence-electron chi connectivity index (χ2n) is 7.67. The molecule has 7 heteroatoms. The number of hydrogen-bond donors (Lipinski definition) is 1. The number of nitrogens with one attached hydrogen (secondary N) is 1. The number of benzene rings is 3. The summed E-state index contributed by atoms with van der Waals surface area (Å²) in [7, 11) is 0. The number of nitrogens with zero attached hydrogens (tertiary/aromatic N) is 1. The number of carbonyl (C=O) groups is 2. The molecule has 0 unspecified atom stereocenters. The molecule has 160 valence electrons. The normalized spacial score (nSPS) is 15.0. The van der Waals surface area contributed by atoms with Crippen molar-refractivity contribution >= 4 is 40.4 Å². The molecule has 0 aromatic heterocycles. The number of amides is 2. The van der Waals surface area contributed by atoms with Crippen LogP contribution in [0.25, 0.3) is 5.57 Å². The molecule has 3 aromatic carbocycles. The second-order valence-corrected chi connectivity index (χ2v) is 8.10. The van der Waals surface area contributed by atoms with E-state index < -0.39 is 11.8 Å². The molecule has 2 amide bonds. The second kappa shape index (κ2) is 7.73. The standard InChI is InChI=1S/C25H19ClN2O4/c1-14-6-7-16(10-15(14)2)22-23(27-18-8-9-20-21(12-18)32-13-31-20)25(30)28(24(22)29)19-5-3-4-17(26)11-19/h3-12,27H,13H2,1-2H3. The van der Waals surface area contributed by atoms with Gasteiger partial charge in [0.05, 0.1) is 11.3 Å². The van der Waals surface area contributed by atoms with Gasteiger partial charge in [-0.15, -0.1) is 0 Å². The van der Waals surface area contributed by atoms with E-state index >= 15 is 0 Å². The van der Waals surface area contributed by atoms with Crippen molar-refractivity contribution in [1.29, 1.82) is 0 Å². The van der Waals surface area contributed by atoms with Gasteiger partial charge in [0.1, 0.15) is 5.70 Å². The quantitative estimate of drug-likeness (QED) is 0.566. The van der Waals surface area contributed by atoms with Crippen molar-refractivity contribution in [2.75, 3.05) is 17.0 Å². The number of imide groups is 1. The van der Waals surface area contributed by atoms with Crippen molar-refractivity contribution in [3.8, 4) is 11.5 Å². The molecule has 3 aromatic rings. The Kier molecular flexibility index (Phi) is 4.87. The van der Waals surface area contributed by atoms with E-state index in [2.05, 4.69) is 5.32 Å². The molecule has 6 nitrogen and oxygen atoms in total. The lowest BCUT2D eigenvalue weighted by molar-refractivity contribution is -0.120. The summed E-state index contributed by atoms with van der Waals surface area (Å²) in [4.78, 5) is 28.2. The predicted octanol–water partition coefficient (Wildman–Crippen LogP) is 5.08. The molecule has 5 rings (SSSR count). The van der Waals surface area contributed by atoms with Crippen LogP contribution in [0.3, 0.4) is 0 Å². The van der Waals surface area contributed by atoms with Gasteiger partial charge < -0.3 is 14.8 Å². The van der Waals surface area contributed by atoms with Crippen LogP contribution in [-0.4, -0.2) is 18.6 Å². The molecule has 1 N–H and O–H groups in total. The zero-order chi connectivity index (χ0) is 22.4. The highest BCUT2D eigenvalue weighted by molar-refractivity contribution is 6.46. The fourth-order valence-corrected chi connectivity index (χ4v) is 3.96. The van der Waals surface area contributed by atoms with Gasteiger partial charge in [-0.2, -0.15) is 0 Å². The summed E-state index contributed by atoms with van der Waals surface area (Å²) in [6, 6.07) is 17.7. The third kappa shape index (κ3) is 3.39. The number of halogens is 1. The highest BCUT2D eigenvalue weighted by atomic mass is 35.5. The lowest BCUT2D eigenvalue weighted by Crippen LogP contribution is -2.32. The first kappa shape index (κ1) is 20.2. The lowest BCUT2D eigenvalue weighted by atomic mass is 9.99. The third-order valence-corrected chi connectivity index (χ3v) is 5.82. The number of ether oxygens (including phenoxy) is 2. The van der Waals surface area contributed by atoms with E-state index in [1.165, 1.54) is 0 Å². The minimum absolute atomic E-state index is 0.148. The molecule has 0 saturated heterocycles. The summed E-state index contributed by atoms with van der Waals surface area (Å²) >= 11 is 6.13. The van der Waals surface area contributed by atoms with E-state index in [9.17, 15) is 9.59 Å². The first-order valence-electron chi connectivity index (χ1n) is 10.1. The molecule has 0 fully saturated rings. The van der Waals surface area contributed by atoms with E-state index in [0.29, 0.717) is 39.0 Å². The summed E-state index contributed by atoms with van der Waals surface area (Å²) in [5, 5.41) is 3.58. The topological polar surface area (TPSA) is 67.9 Å². The summed E-state index contributed by atoms with van der Waals surface area (Å²) < 4.78 is 10.8. The maximum atomic E-state index is 13.5. The van der Waals surface area contributed by atoms with Gasteiger partial charge in [-0.3, -0.25) is 9.59 Å². The molecule has 2 aliphatic rings. The molecule has 0 saturated carbocycles. The minimum Gasteiger partial charge on any atom is -0.454 e. The molecule has 2 aliphatic heterocycles. The number of hydrogen-bond acceptors (Lipinski definition) is 5. The van der Waals surface area contributed by atoms with Crippen molar-refractivity contribution < 1.29 is 19.1 Å². The SMILES string of the molecule is Cc1ccc(C2=C(Nc3ccc4c(c3)OCO4)C(=O)N(c3cccc(Cl)c3)C2=O)cc1C. The molecule has 32 heavy (non-hydrogen) atoms. The predicted molar refractivity (Wildman–Crippen MR) is 123 cm³/mol. The Morgan fingerprint density at radius 2 is 1.69 bits per heavy atom. The van der Waals surface area contributed by atoms with E-state index in [0.717, 1.165) is 16.0 Å². The van der Waals surface area contributed by atoms with Gasteiger partial charge in [-0.05, 0) is 60.9 Å². The van der Waals surface area contributed by atoms with E-state index in [4.69, 9.17) is 21.1 Å². The van der Waals surface area contributed by atoms with Gasteiger partial charge in [0, 0.05) is 16.8 Å². The Morgan fingerprint density at radius 1 is 0.875 bits per heavy atom. The first-order valence-corrected chi connectivity index (χ1v) is 10.4. The van der Waals surface area contributed by atoms with Crippen molar-refractivity contribution in [1.82, 2.24) is 0 Å². The minimum atomic E-state index is -0.455. The zero-order valence-corrected chi connectivity index (χ0v) is 18.2. The van der Waals surface area contributed by atoms with E-state index in [-0.39, 0.29) is 12.5 Å². The Labute approximate surface area is 190 Å². The number of fused-ring (bicyclic) bond motifs is 1. The summed E-state index contributed by atoms with van der Waals surface area (Å²) in [6.07, 6.45) is 0. The van der Waals surface area contributed by atoms with Crippen LogP contribution in [0.2, 0.25) is 5.02 Å². The van der Waals surface area contributed by atoms with Gasteiger partial charge in [-0.25, -0.2) is 4.90 Å². The largest absolute Gasteiger partial charge is 0.454 e. The number of aryl methyl sites for hydroxylation is 2. The zero-order valence-electron chi connectivity index (χ0n) is 17.4. The number of rotatable bonds is 4. The maximum Gasteiger partial charge on any atom is 0.282 e. The third-order valence-electron chi connectivity index (χ3n) is 5.59. The van der Waals surface area contributed by atoms with Crippen LogP contribution in [-0.2, 0) is 9.59 Å². The Balaban J connectivity index is 1.62. The molecule has 2 heterocycles. The van der Waals surface area contributed by atoms with Crippen LogP contribution < -0.4 is 19.7 Å². The van der Waals surface area contributed by atoms with Crippen LogP contribution in [0, 0.1) is 13.8 Å². The fraction of sp³-hybridized carbons (Fsp3) is 0.120.